The number of hydrogen-bond acceptors (Lipinski definition) is 5. The Balaban J connectivity index is 1.50. The summed E-state index contributed by atoms with van der Waals surface area (Å²) in [6.45, 7) is 8.37. The number of hydrogen-bond donors (Lipinski definition) is 1. The number of fused-ring (bicyclic) bond motifs is 1. The molecule has 2 aromatic carbocycles. The summed E-state index contributed by atoms with van der Waals surface area (Å²) in [6, 6.07) is 17.0. The van der Waals surface area contributed by atoms with E-state index in [1.807, 2.05) is 0 Å². The molecule has 4 rings (SSSR count). The fourth-order valence-electron chi connectivity index (χ4n) is 3.36. The van der Waals surface area contributed by atoms with Crippen molar-refractivity contribution in [2.24, 2.45) is 0 Å². The van der Waals surface area contributed by atoms with Crippen molar-refractivity contribution in [3.05, 3.63) is 71.4 Å². The van der Waals surface area contributed by atoms with Crippen LogP contribution in [0.25, 0.3) is 0 Å². The first-order chi connectivity index (χ1) is 13.0. The van der Waals surface area contributed by atoms with Gasteiger partial charge in [-0.1, -0.05) is 57.2 Å². The zero-order chi connectivity index (χ0) is 18.9. The summed E-state index contributed by atoms with van der Waals surface area (Å²) in [6.07, 6.45) is 2.67. The summed E-state index contributed by atoms with van der Waals surface area (Å²) in [4.78, 5) is 6.86. The van der Waals surface area contributed by atoms with Gasteiger partial charge in [-0.2, -0.15) is 10.1 Å². The zero-order valence-electron chi connectivity index (χ0n) is 16.1. The standard InChI is InChI=1S/C22H25N5/c1-22(2,3)18-8-10-19(11-9-18)24-20-14-23-26-21(25-20)27-13-12-16-6-4-5-7-17(16)15-27/h4-11,14H,12-13,15H2,1-3H3,(H,24,25,26). The lowest BCUT2D eigenvalue weighted by atomic mass is 9.87. The molecule has 0 amide bonds. The predicted octanol–water partition coefficient (Wildman–Crippen LogP) is 4.48. The zero-order valence-corrected chi connectivity index (χ0v) is 16.1. The van der Waals surface area contributed by atoms with Crippen LogP contribution in [0, 0.1) is 0 Å². The summed E-state index contributed by atoms with van der Waals surface area (Å²) in [5.74, 6) is 1.38. The van der Waals surface area contributed by atoms with Crippen LogP contribution in [-0.2, 0) is 18.4 Å². The molecular weight excluding hydrogens is 334 g/mol. The van der Waals surface area contributed by atoms with Crippen LogP contribution in [0.2, 0.25) is 0 Å². The smallest absolute Gasteiger partial charge is 0.247 e. The highest BCUT2D eigenvalue weighted by Crippen LogP contribution is 2.25. The second kappa shape index (κ2) is 6.99. The Labute approximate surface area is 160 Å². The van der Waals surface area contributed by atoms with Gasteiger partial charge in [-0.15, -0.1) is 5.10 Å². The highest BCUT2D eigenvalue weighted by atomic mass is 15.3. The SMILES string of the molecule is CC(C)(C)c1ccc(Nc2cnnc(N3CCc4ccccc4C3)n2)cc1. The molecule has 0 saturated heterocycles. The van der Waals surface area contributed by atoms with Crippen molar-refractivity contribution in [2.75, 3.05) is 16.8 Å². The number of benzene rings is 2. The summed E-state index contributed by atoms with van der Waals surface area (Å²) in [7, 11) is 0. The van der Waals surface area contributed by atoms with Crippen LogP contribution in [-0.4, -0.2) is 21.7 Å². The number of rotatable bonds is 3. The molecular formula is C22H25N5. The Hall–Kier alpha value is -2.95. The van der Waals surface area contributed by atoms with Gasteiger partial charge >= 0.3 is 0 Å². The molecule has 0 bridgehead atoms. The molecule has 0 fully saturated rings. The Kier molecular flexibility index (Phi) is 4.52. The Morgan fingerprint density at radius 3 is 2.44 bits per heavy atom. The molecule has 138 valence electrons. The first kappa shape index (κ1) is 17.5. The predicted molar refractivity (Wildman–Crippen MR) is 109 cm³/mol. The van der Waals surface area contributed by atoms with E-state index in [0.29, 0.717) is 11.8 Å². The van der Waals surface area contributed by atoms with Gasteiger partial charge in [0.25, 0.3) is 0 Å². The van der Waals surface area contributed by atoms with Crippen molar-refractivity contribution in [1.29, 1.82) is 0 Å². The van der Waals surface area contributed by atoms with Crippen LogP contribution >= 0.6 is 0 Å². The summed E-state index contributed by atoms with van der Waals surface area (Å²) in [5, 5.41) is 11.7. The van der Waals surface area contributed by atoms with Gasteiger partial charge in [-0.25, -0.2) is 0 Å². The summed E-state index contributed by atoms with van der Waals surface area (Å²) < 4.78 is 0. The molecule has 2 heterocycles. The molecule has 5 nitrogen and oxygen atoms in total. The Morgan fingerprint density at radius 1 is 0.963 bits per heavy atom. The lowest BCUT2D eigenvalue weighted by molar-refractivity contribution is 0.590. The first-order valence-electron chi connectivity index (χ1n) is 9.38. The Morgan fingerprint density at radius 2 is 1.70 bits per heavy atom. The molecule has 5 heteroatoms. The number of anilines is 3. The lowest BCUT2D eigenvalue weighted by Gasteiger charge is -2.28. The maximum atomic E-state index is 4.68. The first-order valence-corrected chi connectivity index (χ1v) is 9.38. The van der Waals surface area contributed by atoms with Crippen LogP contribution in [0.15, 0.2) is 54.7 Å². The molecule has 0 saturated carbocycles. The quantitative estimate of drug-likeness (QED) is 0.747. The van der Waals surface area contributed by atoms with Crippen molar-refractivity contribution >= 4 is 17.5 Å². The van der Waals surface area contributed by atoms with E-state index < -0.39 is 0 Å². The topological polar surface area (TPSA) is 53.9 Å². The molecule has 0 spiro atoms. The number of nitrogens with zero attached hydrogens (tertiary/aromatic N) is 4. The van der Waals surface area contributed by atoms with E-state index in [4.69, 9.17) is 0 Å². The third-order valence-electron chi connectivity index (χ3n) is 4.98. The van der Waals surface area contributed by atoms with Gasteiger partial charge in [0.05, 0.1) is 6.20 Å². The highest BCUT2D eigenvalue weighted by molar-refractivity contribution is 5.57. The molecule has 0 aliphatic carbocycles. The number of aromatic nitrogens is 3. The van der Waals surface area contributed by atoms with Crippen molar-refractivity contribution in [3.8, 4) is 0 Å². The van der Waals surface area contributed by atoms with Gasteiger partial charge < -0.3 is 10.2 Å². The van der Waals surface area contributed by atoms with E-state index in [1.165, 1.54) is 16.7 Å². The average molecular weight is 359 g/mol. The monoisotopic (exact) mass is 359 g/mol. The number of nitrogens with one attached hydrogen (secondary N) is 1. The fourth-order valence-corrected chi connectivity index (χ4v) is 3.36. The van der Waals surface area contributed by atoms with Gasteiger partial charge in [-0.3, -0.25) is 0 Å². The second-order valence-corrected chi connectivity index (χ2v) is 8.03. The van der Waals surface area contributed by atoms with Crippen LogP contribution in [0.5, 0.6) is 0 Å². The minimum atomic E-state index is 0.146. The van der Waals surface area contributed by atoms with E-state index >= 15 is 0 Å². The van der Waals surface area contributed by atoms with Gasteiger partial charge in [0.15, 0.2) is 5.82 Å². The lowest BCUT2D eigenvalue weighted by Crippen LogP contribution is -2.32. The van der Waals surface area contributed by atoms with E-state index in [1.54, 1.807) is 6.20 Å². The van der Waals surface area contributed by atoms with E-state index in [9.17, 15) is 0 Å². The minimum Gasteiger partial charge on any atom is -0.339 e. The van der Waals surface area contributed by atoms with Gasteiger partial charge in [0.2, 0.25) is 5.95 Å². The maximum Gasteiger partial charge on any atom is 0.247 e. The maximum absolute atomic E-state index is 4.68. The van der Waals surface area contributed by atoms with E-state index in [-0.39, 0.29) is 5.41 Å². The molecule has 1 N–H and O–H groups in total. The third-order valence-corrected chi connectivity index (χ3v) is 4.98. The fraction of sp³-hybridized carbons (Fsp3) is 0.318. The Bertz CT molecular complexity index is 928. The van der Waals surface area contributed by atoms with Gasteiger partial charge in [0.1, 0.15) is 0 Å². The highest BCUT2D eigenvalue weighted by Gasteiger charge is 2.19. The van der Waals surface area contributed by atoms with Crippen LogP contribution in [0.1, 0.15) is 37.5 Å². The molecule has 0 atom stereocenters. The molecule has 3 aromatic rings. The van der Waals surface area contributed by atoms with Crippen molar-refractivity contribution in [1.82, 2.24) is 15.2 Å². The molecule has 1 aromatic heterocycles. The van der Waals surface area contributed by atoms with Gasteiger partial charge in [-0.05, 0) is 40.7 Å². The van der Waals surface area contributed by atoms with Crippen molar-refractivity contribution < 1.29 is 0 Å². The van der Waals surface area contributed by atoms with Crippen LogP contribution in [0.3, 0.4) is 0 Å². The molecule has 1 aliphatic rings. The van der Waals surface area contributed by atoms with Crippen molar-refractivity contribution in [3.63, 3.8) is 0 Å². The largest absolute Gasteiger partial charge is 0.339 e. The minimum absolute atomic E-state index is 0.146. The van der Waals surface area contributed by atoms with Gasteiger partial charge in [0, 0.05) is 18.8 Å². The average Bonchev–Trinajstić information content (AvgIpc) is 2.67. The van der Waals surface area contributed by atoms with E-state index in [0.717, 1.165) is 25.2 Å². The normalized spacial score (nSPS) is 14.0. The molecule has 0 unspecified atom stereocenters. The van der Waals surface area contributed by atoms with E-state index in [2.05, 4.69) is 94.7 Å². The van der Waals surface area contributed by atoms with Crippen molar-refractivity contribution in [2.45, 2.75) is 39.2 Å². The molecule has 0 radical (unpaired) electrons. The van der Waals surface area contributed by atoms with Crippen LogP contribution < -0.4 is 10.2 Å². The third kappa shape index (κ3) is 3.92. The second-order valence-electron chi connectivity index (χ2n) is 8.03. The summed E-state index contributed by atoms with van der Waals surface area (Å²) in [5.41, 5.74) is 5.20. The van der Waals surface area contributed by atoms with Crippen LogP contribution in [0.4, 0.5) is 17.5 Å². The molecule has 1 aliphatic heterocycles. The molecule has 27 heavy (non-hydrogen) atoms. The summed E-state index contributed by atoms with van der Waals surface area (Å²) >= 11 is 0.